The largest absolute Gasteiger partial charge is 0.379 e. The summed E-state index contributed by atoms with van der Waals surface area (Å²) in [6.45, 7) is 4.98. The number of piperazine rings is 1. The Morgan fingerprint density at radius 3 is 2.12 bits per heavy atom. The number of anilines is 2. The quantitative estimate of drug-likeness (QED) is 0.356. The van der Waals surface area contributed by atoms with Gasteiger partial charge in [0, 0.05) is 56.6 Å². The molecule has 2 aromatic rings. The number of nitro groups is 1. The van der Waals surface area contributed by atoms with Crippen LogP contribution in [0.15, 0.2) is 47.4 Å². The fourth-order valence-corrected chi connectivity index (χ4v) is 5.55. The second kappa shape index (κ2) is 9.46. The van der Waals surface area contributed by atoms with Crippen molar-refractivity contribution in [3.8, 4) is 0 Å². The van der Waals surface area contributed by atoms with Crippen LogP contribution < -0.4 is 9.80 Å². The fraction of sp³-hybridized carbons (Fsp3) is 0.409. The van der Waals surface area contributed by atoms with Gasteiger partial charge in [-0.3, -0.25) is 14.9 Å². The third-order valence-electron chi connectivity index (χ3n) is 6.01. The second-order valence-electron chi connectivity index (χ2n) is 8.00. The average Bonchev–Trinajstić information content (AvgIpc) is 2.84. The smallest absolute Gasteiger partial charge is 0.293 e. The molecule has 0 amide bonds. The Morgan fingerprint density at radius 1 is 0.939 bits per heavy atom. The van der Waals surface area contributed by atoms with E-state index in [1.807, 2.05) is 17.0 Å². The van der Waals surface area contributed by atoms with Crippen LogP contribution in [-0.4, -0.2) is 75.9 Å². The molecule has 0 aromatic heterocycles. The van der Waals surface area contributed by atoms with Crippen LogP contribution in [0.1, 0.15) is 17.3 Å². The molecule has 0 unspecified atom stereocenters. The summed E-state index contributed by atoms with van der Waals surface area (Å²) in [6, 6.07) is 11.5. The van der Waals surface area contributed by atoms with E-state index in [1.54, 1.807) is 12.1 Å². The molecule has 0 spiro atoms. The third kappa shape index (κ3) is 4.85. The molecule has 0 radical (unpaired) electrons. The highest BCUT2D eigenvalue weighted by Crippen LogP contribution is 2.33. The van der Waals surface area contributed by atoms with Crippen LogP contribution in [0.4, 0.5) is 17.1 Å². The molecule has 0 bridgehead atoms. The Kier molecular flexibility index (Phi) is 6.63. The lowest BCUT2D eigenvalue weighted by molar-refractivity contribution is -0.384. The first-order chi connectivity index (χ1) is 15.8. The van der Waals surface area contributed by atoms with E-state index >= 15 is 0 Å². The van der Waals surface area contributed by atoms with Gasteiger partial charge in [-0.15, -0.1) is 0 Å². The van der Waals surface area contributed by atoms with Gasteiger partial charge in [-0.25, -0.2) is 8.42 Å². The van der Waals surface area contributed by atoms with Crippen LogP contribution in [0.5, 0.6) is 0 Å². The maximum Gasteiger partial charge on any atom is 0.293 e. The van der Waals surface area contributed by atoms with E-state index < -0.39 is 14.9 Å². The minimum absolute atomic E-state index is 0.0118. The number of nitrogens with zero attached hydrogens (tertiary/aromatic N) is 4. The van der Waals surface area contributed by atoms with E-state index in [9.17, 15) is 23.3 Å². The summed E-state index contributed by atoms with van der Waals surface area (Å²) < 4.78 is 32.3. The zero-order valence-electron chi connectivity index (χ0n) is 18.3. The zero-order valence-corrected chi connectivity index (χ0v) is 19.2. The Balaban J connectivity index is 1.51. The predicted molar refractivity (Wildman–Crippen MR) is 124 cm³/mol. The Bertz CT molecular complexity index is 1140. The lowest BCUT2D eigenvalue weighted by Crippen LogP contribution is -2.46. The third-order valence-corrected chi connectivity index (χ3v) is 7.91. The molecule has 176 valence electrons. The number of ketones is 1. The maximum absolute atomic E-state index is 12.9. The van der Waals surface area contributed by atoms with E-state index in [4.69, 9.17) is 4.74 Å². The SMILES string of the molecule is CC(=O)c1ccc(N2CCN(c3ccc(S(=O)(=O)N4CCOCC4)cc3[N+](=O)[O-])CC2)cc1. The minimum Gasteiger partial charge on any atom is -0.379 e. The van der Waals surface area contributed by atoms with Crippen molar-refractivity contribution in [3.63, 3.8) is 0 Å². The van der Waals surface area contributed by atoms with Crippen LogP contribution in [0.25, 0.3) is 0 Å². The second-order valence-corrected chi connectivity index (χ2v) is 9.94. The predicted octanol–water partition coefficient (Wildman–Crippen LogP) is 2.14. The summed E-state index contributed by atoms with van der Waals surface area (Å²) in [5.74, 6) is 0.0118. The van der Waals surface area contributed by atoms with Crippen molar-refractivity contribution in [1.29, 1.82) is 0 Å². The molecule has 33 heavy (non-hydrogen) atoms. The summed E-state index contributed by atoms with van der Waals surface area (Å²) in [4.78, 5) is 26.7. The summed E-state index contributed by atoms with van der Waals surface area (Å²) >= 11 is 0. The lowest BCUT2D eigenvalue weighted by atomic mass is 10.1. The van der Waals surface area contributed by atoms with Crippen molar-refractivity contribution in [2.24, 2.45) is 0 Å². The summed E-state index contributed by atoms with van der Waals surface area (Å²) in [5, 5.41) is 11.8. The number of carbonyl (C=O) groups excluding carboxylic acids is 1. The van der Waals surface area contributed by atoms with Gasteiger partial charge in [0.2, 0.25) is 10.0 Å². The molecule has 2 saturated heterocycles. The monoisotopic (exact) mass is 474 g/mol. The van der Waals surface area contributed by atoms with E-state index in [0.29, 0.717) is 50.6 Å². The molecule has 0 N–H and O–H groups in total. The molecule has 0 atom stereocenters. The van der Waals surface area contributed by atoms with Gasteiger partial charge in [0.25, 0.3) is 5.69 Å². The van der Waals surface area contributed by atoms with Gasteiger partial charge in [0.15, 0.2) is 5.78 Å². The van der Waals surface area contributed by atoms with E-state index in [1.165, 1.54) is 23.4 Å². The lowest BCUT2D eigenvalue weighted by Gasteiger charge is -2.37. The minimum atomic E-state index is -3.82. The molecule has 2 aliphatic heterocycles. The van der Waals surface area contributed by atoms with E-state index in [0.717, 1.165) is 11.8 Å². The highest BCUT2D eigenvalue weighted by atomic mass is 32.2. The first-order valence-electron chi connectivity index (χ1n) is 10.7. The van der Waals surface area contributed by atoms with Crippen molar-refractivity contribution >= 4 is 32.9 Å². The zero-order chi connectivity index (χ0) is 23.6. The summed E-state index contributed by atoms with van der Waals surface area (Å²) in [5.41, 5.74) is 1.83. The van der Waals surface area contributed by atoms with Crippen LogP contribution in [0.3, 0.4) is 0 Å². The van der Waals surface area contributed by atoms with Crippen molar-refractivity contribution in [1.82, 2.24) is 4.31 Å². The Morgan fingerprint density at radius 2 is 1.55 bits per heavy atom. The number of carbonyl (C=O) groups is 1. The van der Waals surface area contributed by atoms with Crippen molar-refractivity contribution in [2.75, 3.05) is 62.3 Å². The number of rotatable bonds is 6. The van der Waals surface area contributed by atoms with Gasteiger partial charge in [0.1, 0.15) is 5.69 Å². The topological polar surface area (TPSA) is 113 Å². The molecule has 2 aromatic carbocycles. The average molecular weight is 475 g/mol. The van der Waals surface area contributed by atoms with Gasteiger partial charge in [-0.05, 0) is 43.3 Å². The standard InChI is InChI=1S/C22H26N4O6S/c1-17(27)18-2-4-19(5-3-18)23-8-10-24(11-9-23)21-7-6-20(16-22(21)26(28)29)33(30,31)25-12-14-32-15-13-25/h2-7,16H,8-15H2,1H3. The Hall–Kier alpha value is -3.02. The highest BCUT2D eigenvalue weighted by Gasteiger charge is 2.30. The number of benzene rings is 2. The molecule has 2 fully saturated rings. The number of Topliss-reactive ketones (excluding diaryl/α,β-unsaturated/α-hetero) is 1. The first kappa shape index (κ1) is 23.1. The number of hydrogen-bond acceptors (Lipinski definition) is 8. The fourth-order valence-electron chi connectivity index (χ4n) is 4.13. The van der Waals surface area contributed by atoms with Crippen LogP contribution >= 0.6 is 0 Å². The number of ether oxygens (including phenoxy) is 1. The normalized spacial score (nSPS) is 17.7. The molecule has 4 rings (SSSR count). The van der Waals surface area contributed by atoms with Crippen molar-refractivity contribution < 1.29 is 22.9 Å². The summed E-state index contributed by atoms with van der Waals surface area (Å²) in [7, 11) is -3.82. The first-order valence-corrected chi connectivity index (χ1v) is 12.2. The molecule has 0 saturated carbocycles. The van der Waals surface area contributed by atoms with Crippen LogP contribution in [-0.2, 0) is 14.8 Å². The number of nitro benzene ring substituents is 1. The number of hydrogen-bond donors (Lipinski definition) is 0. The highest BCUT2D eigenvalue weighted by molar-refractivity contribution is 7.89. The number of morpholine rings is 1. The molecule has 2 aliphatic rings. The molecule has 0 aliphatic carbocycles. The molecule has 10 nitrogen and oxygen atoms in total. The van der Waals surface area contributed by atoms with Gasteiger partial charge < -0.3 is 14.5 Å². The van der Waals surface area contributed by atoms with Gasteiger partial charge in [-0.2, -0.15) is 4.31 Å². The van der Waals surface area contributed by atoms with Crippen molar-refractivity contribution in [3.05, 3.63) is 58.1 Å². The van der Waals surface area contributed by atoms with E-state index in [-0.39, 0.29) is 29.5 Å². The number of sulfonamides is 1. The Labute approximate surface area is 192 Å². The van der Waals surface area contributed by atoms with Gasteiger partial charge >= 0.3 is 0 Å². The van der Waals surface area contributed by atoms with Crippen molar-refractivity contribution in [2.45, 2.75) is 11.8 Å². The van der Waals surface area contributed by atoms with Gasteiger partial charge in [0.05, 0.1) is 23.0 Å². The summed E-state index contributed by atoms with van der Waals surface area (Å²) in [6.07, 6.45) is 0. The molecular formula is C22H26N4O6S. The van der Waals surface area contributed by atoms with Gasteiger partial charge in [-0.1, -0.05) is 0 Å². The molecule has 2 heterocycles. The van der Waals surface area contributed by atoms with Crippen LogP contribution in [0, 0.1) is 10.1 Å². The molecule has 11 heteroatoms. The van der Waals surface area contributed by atoms with Crippen LogP contribution in [0.2, 0.25) is 0 Å². The maximum atomic E-state index is 12.9. The molecular weight excluding hydrogens is 448 g/mol. The van der Waals surface area contributed by atoms with E-state index in [2.05, 4.69) is 4.90 Å².